The standard InChI is InChI=1S/C22H28O7/c1-19-7-6-17(24)29-16(19)4-3-13-14-5-8-21(20(14,2)9-15(23)18(13)19)22(28-12-26-21)10-25-11-27-22/h4,13-14,18H,3,5-12H2,1-2H3/t13-,14+,18+,19+,20+,21-,22-/m1/s1. The molecule has 7 atom stereocenters. The van der Waals surface area contributed by atoms with Gasteiger partial charge in [0.05, 0.1) is 0 Å². The maximum absolute atomic E-state index is 13.7. The van der Waals surface area contributed by atoms with Gasteiger partial charge in [0.15, 0.2) is 13.6 Å². The van der Waals surface area contributed by atoms with Crippen LogP contribution in [0.2, 0.25) is 0 Å². The number of hydrogen-bond donors (Lipinski definition) is 0. The number of allylic oxidation sites excluding steroid dienone is 2. The van der Waals surface area contributed by atoms with Gasteiger partial charge in [0, 0.05) is 29.6 Å². The Hall–Kier alpha value is -1.28. The SMILES string of the molecule is C[C@]12CCC(=O)OC1=CC[C@H]1[C@H]2C(=O)C[C@@]2(C)[C@H]1CC[C@@]21OCO[C@]12COCO2. The summed E-state index contributed by atoms with van der Waals surface area (Å²) >= 11 is 0. The zero-order valence-corrected chi connectivity index (χ0v) is 17.0. The molecule has 29 heavy (non-hydrogen) atoms. The van der Waals surface area contributed by atoms with Crippen LogP contribution in [0.3, 0.4) is 0 Å². The van der Waals surface area contributed by atoms with Gasteiger partial charge in [0.1, 0.15) is 23.8 Å². The van der Waals surface area contributed by atoms with Crippen molar-refractivity contribution in [2.45, 2.75) is 63.8 Å². The molecule has 0 amide bonds. The monoisotopic (exact) mass is 404 g/mol. The molecule has 0 aromatic rings. The van der Waals surface area contributed by atoms with Crippen molar-refractivity contribution < 1.29 is 33.3 Å². The van der Waals surface area contributed by atoms with Crippen LogP contribution < -0.4 is 0 Å². The van der Waals surface area contributed by atoms with Gasteiger partial charge in [0.25, 0.3) is 0 Å². The minimum absolute atomic E-state index is 0.108. The second kappa shape index (κ2) is 5.69. The molecule has 0 aromatic carbocycles. The molecule has 7 heteroatoms. The highest BCUT2D eigenvalue weighted by Crippen LogP contribution is 2.70. The Morgan fingerprint density at radius 3 is 2.69 bits per heavy atom. The van der Waals surface area contributed by atoms with Crippen LogP contribution in [-0.2, 0) is 33.3 Å². The van der Waals surface area contributed by atoms with Crippen LogP contribution in [0.25, 0.3) is 0 Å². The summed E-state index contributed by atoms with van der Waals surface area (Å²) in [6.07, 6.45) is 6.09. The molecule has 6 rings (SSSR count). The van der Waals surface area contributed by atoms with E-state index < -0.39 is 11.4 Å². The molecule has 158 valence electrons. The minimum Gasteiger partial charge on any atom is -0.431 e. The fourth-order valence-corrected chi connectivity index (χ4v) is 7.88. The van der Waals surface area contributed by atoms with E-state index in [-0.39, 0.29) is 48.0 Å². The second-order valence-electron chi connectivity index (χ2n) is 10.1. The summed E-state index contributed by atoms with van der Waals surface area (Å²) in [5.41, 5.74) is -1.42. The largest absolute Gasteiger partial charge is 0.431 e. The lowest BCUT2D eigenvalue weighted by atomic mass is 9.48. The Balaban J connectivity index is 1.42. The van der Waals surface area contributed by atoms with E-state index in [0.29, 0.717) is 37.5 Å². The average Bonchev–Trinajstić information content (AvgIpc) is 3.37. The molecule has 0 radical (unpaired) electrons. The van der Waals surface area contributed by atoms with E-state index in [2.05, 4.69) is 19.9 Å². The predicted molar refractivity (Wildman–Crippen MR) is 98.0 cm³/mol. The molecule has 5 fully saturated rings. The first-order valence-corrected chi connectivity index (χ1v) is 10.8. The highest BCUT2D eigenvalue weighted by molar-refractivity contribution is 5.86. The summed E-state index contributed by atoms with van der Waals surface area (Å²) in [4.78, 5) is 25.6. The normalized spacial score (nSPS) is 53.6. The summed E-state index contributed by atoms with van der Waals surface area (Å²) in [6.45, 7) is 5.01. The van der Waals surface area contributed by atoms with E-state index in [1.54, 1.807) is 0 Å². The summed E-state index contributed by atoms with van der Waals surface area (Å²) in [7, 11) is 0. The van der Waals surface area contributed by atoms with Gasteiger partial charge in [0.2, 0.25) is 5.79 Å². The van der Waals surface area contributed by atoms with Gasteiger partial charge in [-0.25, -0.2) is 0 Å². The lowest BCUT2D eigenvalue weighted by Gasteiger charge is -2.57. The molecular formula is C22H28O7. The number of ketones is 1. The van der Waals surface area contributed by atoms with Gasteiger partial charge in [-0.3, -0.25) is 9.59 Å². The Morgan fingerprint density at radius 2 is 1.90 bits per heavy atom. The van der Waals surface area contributed by atoms with Crippen molar-refractivity contribution in [3.05, 3.63) is 11.8 Å². The molecule has 3 aliphatic carbocycles. The Labute approximate surface area is 170 Å². The topological polar surface area (TPSA) is 80.3 Å². The van der Waals surface area contributed by atoms with Crippen LogP contribution in [0.5, 0.6) is 0 Å². The van der Waals surface area contributed by atoms with E-state index in [0.717, 1.165) is 19.3 Å². The molecule has 3 saturated heterocycles. The number of esters is 1. The summed E-state index contributed by atoms with van der Waals surface area (Å²) in [5.74, 6) is 0.299. The van der Waals surface area contributed by atoms with Crippen molar-refractivity contribution in [3.8, 4) is 0 Å². The number of carbonyl (C=O) groups is 2. The van der Waals surface area contributed by atoms with Crippen LogP contribution in [-0.4, -0.2) is 43.3 Å². The molecule has 0 N–H and O–H groups in total. The van der Waals surface area contributed by atoms with E-state index in [1.165, 1.54) is 0 Å². The van der Waals surface area contributed by atoms with Crippen LogP contribution in [0.4, 0.5) is 0 Å². The number of rotatable bonds is 0. The van der Waals surface area contributed by atoms with E-state index in [9.17, 15) is 9.59 Å². The van der Waals surface area contributed by atoms with Crippen molar-refractivity contribution in [1.82, 2.24) is 0 Å². The molecule has 6 aliphatic rings. The van der Waals surface area contributed by atoms with Crippen LogP contribution in [0.1, 0.15) is 52.4 Å². The van der Waals surface area contributed by atoms with Crippen molar-refractivity contribution >= 4 is 11.8 Å². The minimum atomic E-state index is -0.913. The van der Waals surface area contributed by atoms with Crippen molar-refractivity contribution in [3.63, 3.8) is 0 Å². The molecular weight excluding hydrogens is 376 g/mol. The van der Waals surface area contributed by atoms with Gasteiger partial charge in [-0.05, 0) is 43.6 Å². The summed E-state index contributed by atoms with van der Waals surface area (Å²) < 4.78 is 29.4. The van der Waals surface area contributed by atoms with Crippen molar-refractivity contribution in [2.24, 2.45) is 28.6 Å². The van der Waals surface area contributed by atoms with E-state index in [1.807, 2.05) is 0 Å². The van der Waals surface area contributed by atoms with Gasteiger partial charge in [-0.2, -0.15) is 0 Å². The third kappa shape index (κ3) is 2.03. The Bertz CT molecular complexity index is 808. The Morgan fingerprint density at radius 1 is 1.07 bits per heavy atom. The smallest absolute Gasteiger partial charge is 0.310 e. The zero-order valence-electron chi connectivity index (χ0n) is 17.0. The van der Waals surface area contributed by atoms with Gasteiger partial charge in [-0.1, -0.05) is 13.8 Å². The van der Waals surface area contributed by atoms with E-state index in [4.69, 9.17) is 23.7 Å². The molecule has 3 heterocycles. The van der Waals surface area contributed by atoms with Gasteiger partial charge >= 0.3 is 5.97 Å². The van der Waals surface area contributed by atoms with Crippen LogP contribution >= 0.6 is 0 Å². The first-order valence-electron chi connectivity index (χ1n) is 10.8. The van der Waals surface area contributed by atoms with Gasteiger partial charge in [-0.15, -0.1) is 0 Å². The van der Waals surface area contributed by atoms with Crippen LogP contribution in [0.15, 0.2) is 11.8 Å². The zero-order chi connectivity index (χ0) is 20.1. The second-order valence-corrected chi connectivity index (χ2v) is 10.1. The lowest BCUT2D eigenvalue weighted by Crippen LogP contribution is -2.65. The number of ether oxygens (including phenoxy) is 5. The number of Topliss-reactive ketones (excluding diaryl/α,β-unsaturated/α-hetero) is 1. The van der Waals surface area contributed by atoms with Gasteiger partial charge < -0.3 is 23.7 Å². The first-order chi connectivity index (χ1) is 13.9. The highest BCUT2D eigenvalue weighted by atomic mass is 16.9. The molecule has 2 saturated carbocycles. The number of carbonyl (C=O) groups excluding carboxylic acids is 2. The molecule has 0 unspecified atom stereocenters. The van der Waals surface area contributed by atoms with E-state index >= 15 is 0 Å². The third-order valence-electron chi connectivity index (χ3n) is 9.16. The molecule has 0 aromatic heterocycles. The van der Waals surface area contributed by atoms with Crippen molar-refractivity contribution in [1.29, 1.82) is 0 Å². The highest BCUT2D eigenvalue weighted by Gasteiger charge is 2.76. The lowest BCUT2D eigenvalue weighted by molar-refractivity contribution is -0.246. The molecule has 7 nitrogen and oxygen atoms in total. The number of fused-ring (bicyclic) bond motifs is 7. The first kappa shape index (κ1) is 18.5. The third-order valence-corrected chi connectivity index (χ3v) is 9.16. The predicted octanol–water partition coefficient (Wildman–Crippen LogP) is 2.68. The summed E-state index contributed by atoms with van der Waals surface area (Å²) in [5, 5.41) is 0. The fourth-order valence-electron chi connectivity index (χ4n) is 7.88. The Kier molecular flexibility index (Phi) is 3.63. The van der Waals surface area contributed by atoms with Crippen molar-refractivity contribution in [2.75, 3.05) is 20.2 Å². The molecule has 3 aliphatic heterocycles. The fraction of sp³-hybridized carbons (Fsp3) is 0.818. The maximum Gasteiger partial charge on any atom is 0.310 e. The quantitative estimate of drug-likeness (QED) is 0.574. The molecule has 2 spiro atoms. The average molecular weight is 404 g/mol. The number of hydrogen-bond acceptors (Lipinski definition) is 7. The van der Waals surface area contributed by atoms with Crippen LogP contribution in [0, 0.1) is 28.6 Å². The maximum atomic E-state index is 13.7. The summed E-state index contributed by atoms with van der Waals surface area (Å²) in [6, 6.07) is 0. The molecule has 0 bridgehead atoms.